The van der Waals surface area contributed by atoms with Gasteiger partial charge in [0.15, 0.2) is 17.0 Å². The highest BCUT2D eigenvalue weighted by Crippen LogP contribution is 2.29. The first-order valence-electron chi connectivity index (χ1n) is 6.01. The molecule has 1 atom stereocenters. The summed E-state index contributed by atoms with van der Waals surface area (Å²) in [6.07, 6.45) is 0.154. The number of aliphatic carboxylic acids is 1. The molecular weight excluding hydrogens is 264 g/mol. The van der Waals surface area contributed by atoms with Crippen molar-refractivity contribution in [1.82, 2.24) is 10.6 Å². The van der Waals surface area contributed by atoms with E-state index in [0.29, 0.717) is 11.5 Å². The summed E-state index contributed by atoms with van der Waals surface area (Å²) in [6.45, 7) is 0.0372. The zero-order chi connectivity index (χ0) is 14.8. The normalized spacial score (nSPS) is 21.0. The monoisotopic (exact) mass is 280 g/mol. The second-order valence-electron chi connectivity index (χ2n) is 4.56. The number of benzene rings is 1. The molecule has 0 aliphatic carbocycles. The number of urea groups is 1. The summed E-state index contributed by atoms with van der Waals surface area (Å²) >= 11 is 0. The zero-order valence-corrected chi connectivity index (χ0v) is 11.2. The number of carbonyl (C=O) groups excluding carboxylic acids is 1. The Morgan fingerprint density at radius 3 is 2.55 bits per heavy atom. The molecule has 1 saturated heterocycles. The summed E-state index contributed by atoms with van der Waals surface area (Å²) in [5, 5.41) is 14.3. The Labute approximate surface area is 115 Å². The minimum absolute atomic E-state index is 0.0372. The van der Waals surface area contributed by atoms with Crippen LogP contribution in [0.15, 0.2) is 18.2 Å². The molecule has 108 valence electrons. The van der Waals surface area contributed by atoms with Crippen LogP contribution in [0, 0.1) is 0 Å². The highest BCUT2D eigenvalue weighted by Gasteiger charge is 2.44. The molecule has 0 saturated carbocycles. The van der Waals surface area contributed by atoms with E-state index >= 15 is 0 Å². The lowest BCUT2D eigenvalue weighted by Gasteiger charge is -2.23. The Morgan fingerprint density at radius 1 is 1.35 bits per heavy atom. The number of methoxy groups -OCH3 is 2. The van der Waals surface area contributed by atoms with Gasteiger partial charge in [-0.3, -0.25) is 0 Å². The summed E-state index contributed by atoms with van der Waals surface area (Å²) in [4.78, 5) is 22.7. The molecule has 20 heavy (non-hydrogen) atoms. The molecule has 1 heterocycles. The van der Waals surface area contributed by atoms with E-state index in [4.69, 9.17) is 9.47 Å². The van der Waals surface area contributed by atoms with Gasteiger partial charge in [0.25, 0.3) is 0 Å². The number of carboxylic acid groups (broad SMARTS) is 1. The van der Waals surface area contributed by atoms with Crippen LogP contribution in [0.4, 0.5) is 4.79 Å². The van der Waals surface area contributed by atoms with Crippen molar-refractivity contribution in [3.05, 3.63) is 23.8 Å². The molecule has 1 aromatic carbocycles. The quantitative estimate of drug-likeness (QED) is 0.724. The lowest BCUT2D eigenvalue weighted by Crippen LogP contribution is -2.52. The summed E-state index contributed by atoms with van der Waals surface area (Å²) in [6, 6.07) is 4.67. The van der Waals surface area contributed by atoms with Crippen molar-refractivity contribution in [3.63, 3.8) is 0 Å². The summed E-state index contributed by atoms with van der Waals surface area (Å²) in [5.41, 5.74) is -0.606. The maximum Gasteiger partial charge on any atom is 0.331 e. The SMILES string of the molecule is COc1ccc(CC2(C(=O)O)CNC(=O)N2)cc1OC. The van der Waals surface area contributed by atoms with Crippen LogP contribution in [0.5, 0.6) is 11.5 Å². The van der Waals surface area contributed by atoms with E-state index in [1.165, 1.54) is 14.2 Å². The van der Waals surface area contributed by atoms with Crippen molar-refractivity contribution in [2.45, 2.75) is 12.0 Å². The van der Waals surface area contributed by atoms with E-state index in [2.05, 4.69) is 10.6 Å². The second-order valence-corrected chi connectivity index (χ2v) is 4.56. The fourth-order valence-corrected chi connectivity index (χ4v) is 2.19. The van der Waals surface area contributed by atoms with E-state index in [0.717, 1.165) is 5.56 Å². The minimum Gasteiger partial charge on any atom is -0.493 e. The number of carboxylic acids is 1. The van der Waals surface area contributed by atoms with Crippen LogP contribution in [0.25, 0.3) is 0 Å². The molecule has 0 radical (unpaired) electrons. The van der Waals surface area contributed by atoms with Crippen molar-refractivity contribution in [2.75, 3.05) is 20.8 Å². The lowest BCUT2D eigenvalue weighted by molar-refractivity contribution is -0.143. The van der Waals surface area contributed by atoms with E-state index in [1.807, 2.05) is 0 Å². The third kappa shape index (κ3) is 2.47. The first-order valence-corrected chi connectivity index (χ1v) is 6.01. The first-order chi connectivity index (χ1) is 9.50. The van der Waals surface area contributed by atoms with Crippen LogP contribution in [0.1, 0.15) is 5.56 Å². The van der Waals surface area contributed by atoms with Gasteiger partial charge in [-0.05, 0) is 17.7 Å². The fourth-order valence-electron chi connectivity index (χ4n) is 2.19. The Morgan fingerprint density at radius 2 is 2.05 bits per heavy atom. The molecule has 0 aromatic heterocycles. The van der Waals surface area contributed by atoms with Gasteiger partial charge in [0.2, 0.25) is 0 Å². The topological polar surface area (TPSA) is 96.9 Å². The number of rotatable bonds is 5. The molecule has 1 unspecified atom stereocenters. The third-order valence-corrected chi connectivity index (χ3v) is 3.27. The molecule has 3 N–H and O–H groups in total. The minimum atomic E-state index is -1.34. The van der Waals surface area contributed by atoms with Gasteiger partial charge in [-0.1, -0.05) is 6.07 Å². The van der Waals surface area contributed by atoms with Crippen LogP contribution in [-0.2, 0) is 11.2 Å². The number of hydrogen-bond donors (Lipinski definition) is 3. The third-order valence-electron chi connectivity index (χ3n) is 3.27. The summed E-state index contributed by atoms with van der Waals surface area (Å²) in [5.74, 6) is 0.00247. The van der Waals surface area contributed by atoms with E-state index in [-0.39, 0.29) is 13.0 Å². The Kier molecular flexibility index (Phi) is 3.69. The van der Waals surface area contributed by atoms with Gasteiger partial charge in [0.05, 0.1) is 20.8 Å². The maximum absolute atomic E-state index is 11.4. The number of ether oxygens (including phenoxy) is 2. The van der Waals surface area contributed by atoms with E-state index in [9.17, 15) is 14.7 Å². The van der Waals surface area contributed by atoms with Crippen molar-refractivity contribution < 1.29 is 24.2 Å². The van der Waals surface area contributed by atoms with E-state index in [1.54, 1.807) is 18.2 Å². The molecule has 1 aliphatic heterocycles. The van der Waals surface area contributed by atoms with Gasteiger partial charge >= 0.3 is 12.0 Å². The smallest absolute Gasteiger partial charge is 0.331 e. The van der Waals surface area contributed by atoms with Crippen molar-refractivity contribution in [2.24, 2.45) is 0 Å². The molecule has 1 aromatic rings. The first kappa shape index (κ1) is 14.0. The number of carbonyl (C=O) groups is 2. The molecule has 0 spiro atoms. The van der Waals surface area contributed by atoms with Gasteiger partial charge in [-0.15, -0.1) is 0 Å². The average molecular weight is 280 g/mol. The van der Waals surface area contributed by atoms with Crippen LogP contribution in [0.2, 0.25) is 0 Å². The van der Waals surface area contributed by atoms with Crippen LogP contribution in [-0.4, -0.2) is 43.4 Å². The Balaban J connectivity index is 2.28. The number of hydrogen-bond acceptors (Lipinski definition) is 4. The fraction of sp³-hybridized carbons (Fsp3) is 0.385. The molecule has 1 aliphatic rings. The van der Waals surface area contributed by atoms with Gasteiger partial charge < -0.3 is 25.2 Å². The molecule has 7 heteroatoms. The Hall–Kier alpha value is -2.44. The van der Waals surface area contributed by atoms with E-state index < -0.39 is 17.5 Å². The largest absolute Gasteiger partial charge is 0.493 e. The van der Waals surface area contributed by atoms with Gasteiger partial charge in [-0.25, -0.2) is 9.59 Å². The summed E-state index contributed by atoms with van der Waals surface area (Å²) in [7, 11) is 3.03. The number of nitrogens with one attached hydrogen (secondary N) is 2. The van der Waals surface area contributed by atoms with Gasteiger partial charge in [0, 0.05) is 6.42 Å². The highest BCUT2D eigenvalue weighted by molar-refractivity contribution is 5.90. The molecular formula is C13H16N2O5. The summed E-state index contributed by atoms with van der Waals surface area (Å²) < 4.78 is 10.3. The van der Waals surface area contributed by atoms with Crippen molar-refractivity contribution in [1.29, 1.82) is 0 Å². The average Bonchev–Trinajstić information content (AvgIpc) is 2.81. The van der Waals surface area contributed by atoms with Gasteiger partial charge in [0.1, 0.15) is 0 Å². The standard InChI is InChI=1S/C13H16N2O5/c1-19-9-4-3-8(5-10(9)20-2)6-13(11(16)17)7-14-12(18)15-13/h3-5H,6-7H2,1-2H3,(H,16,17)(H2,14,15,18). The maximum atomic E-state index is 11.4. The number of amides is 2. The highest BCUT2D eigenvalue weighted by atomic mass is 16.5. The molecule has 1 fully saturated rings. The molecule has 2 amide bonds. The van der Waals surface area contributed by atoms with Crippen LogP contribution < -0.4 is 20.1 Å². The molecule has 2 rings (SSSR count). The lowest BCUT2D eigenvalue weighted by atomic mass is 9.91. The Bertz CT molecular complexity index is 546. The predicted molar refractivity (Wildman–Crippen MR) is 70.2 cm³/mol. The zero-order valence-electron chi connectivity index (χ0n) is 11.2. The van der Waals surface area contributed by atoms with Gasteiger partial charge in [-0.2, -0.15) is 0 Å². The van der Waals surface area contributed by atoms with Crippen molar-refractivity contribution >= 4 is 12.0 Å². The van der Waals surface area contributed by atoms with Crippen molar-refractivity contribution in [3.8, 4) is 11.5 Å². The molecule has 0 bridgehead atoms. The molecule has 7 nitrogen and oxygen atoms in total. The predicted octanol–water partition coefficient (Wildman–Crippen LogP) is 0.382. The van der Waals surface area contributed by atoms with Crippen LogP contribution in [0.3, 0.4) is 0 Å². The van der Waals surface area contributed by atoms with Crippen LogP contribution >= 0.6 is 0 Å². The second kappa shape index (κ2) is 5.28.